The van der Waals surface area contributed by atoms with Gasteiger partial charge in [-0.15, -0.1) is 0 Å². The number of carboxylic acids is 1. The van der Waals surface area contributed by atoms with E-state index in [1.165, 1.54) is 18.2 Å². The number of amides is 1. The van der Waals surface area contributed by atoms with Crippen molar-refractivity contribution in [3.05, 3.63) is 77.7 Å². The average Bonchev–Trinajstić information content (AvgIpc) is 2.59. The molecule has 0 fully saturated rings. The van der Waals surface area contributed by atoms with Crippen LogP contribution in [0, 0.1) is 5.82 Å². The van der Waals surface area contributed by atoms with Gasteiger partial charge in [-0.05, 0) is 30.3 Å². The number of nitrogens with zero attached hydrogens (tertiary/aromatic N) is 1. The molecule has 0 aliphatic rings. The predicted molar refractivity (Wildman–Crippen MR) is 86.0 cm³/mol. The lowest BCUT2D eigenvalue weighted by Crippen LogP contribution is -2.34. The quantitative estimate of drug-likeness (QED) is 0.773. The van der Waals surface area contributed by atoms with Gasteiger partial charge in [0.25, 0.3) is 5.91 Å². The molecule has 24 heavy (non-hydrogen) atoms. The summed E-state index contributed by atoms with van der Waals surface area (Å²) in [6.45, 7) is 0. The molecule has 0 radical (unpaired) electrons. The van der Waals surface area contributed by atoms with E-state index in [-0.39, 0.29) is 11.1 Å². The van der Waals surface area contributed by atoms with Crippen LogP contribution in [0.4, 0.5) is 4.39 Å². The van der Waals surface area contributed by atoms with Gasteiger partial charge in [0.05, 0.1) is 5.52 Å². The third kappa shape index (κ3) is 3.08. The second-order valence-corrected chi connectivity index (χ2v) is 5.18. The Morgan fingerprint density at radius 1 is 1.08 bits per heavy atom. The zero-order valence-electron chi connectivity index (χ0n) is 12.4. The molecule has 0 aliphatic heterocycles. The number of hydrogen-bond acceptors (Lipinski definition) is 3. The maximum atomic E-state index is 13.8. The monoisotopic (exact) mass is 324 g/mol. The van der Waals surface area contributed by atoms with Crippen LogP contribution < -0.4 is 5.32 Å². The molecule has 6 heteroatoms. The number of halogens is 1. The highest BCUT2D eigenvalue weighted by Gasteiger charge is 2.25. The number of nitrogens with one attached hydrogen (secondary N) is 1. The zero-order chi connectivity index (χ0) is 17.1. The lowest BCUT2D eigenvalue weighted by atomic mass is 10.0. The van der Waals surface area contributed by atoms with Gasteiger partial charge >= 0.3 is 5.97 Å². The number of hydrogen-bond donors (Lipinski definition) is 2. The molecule has 0 aliphatic carbocycles. The first-order chi connectivity index (χ1) is 11.6. The summed E-state index contributed by atoms with van der Waals surface area (Å²) in [5.74, 6) is -2.62. The van der Waals surface area contributed by atoms with E-state index in [9.17, 15) is 19.1 Å². The van der Waals surface area contributed by atoms with Crippen molar-refractivity contribution in [2.24, 2.45) is 0 Å². The molecule has 2 aromatic carbocycles. The number of pyridine rings is 1. The number of carbonyl (C=O) groups excluding carboxylic acids is 1. The van der Waals surface area contributed by atoms with E-state index in [2.05, 4.69) is 10.3 Å². The Morgan fingerprint density at radius 2 is 1.88 bits per heavy atom. The van der Waals surface area contributed by atoms with Gasteiger partial charge in [-0.25, -0.2) is 9.18 Å². The molecule has 3 aromatic rings. The van der Waals surface area contributed by atoms with Gasteiger partial charge in [0.2, 0.25) is 0 Å². The molecule has 120 valence electrons. The smallest absolute Gasteiger partial charge is 0.331 e. The van der Waals surface area contributed by atoms with Gasteiger partial charge in [-0.1, -0.05) is 24.3 Å². The zero-order valence-corrected chi connectivity index (χ0v) is 12.4. The fourth-order valence-corrected chi connectivity index (χ4v) is 2.41. The fraction of sp³-hybridized carbons (Fsp3) is 0.0556. The van der Waals surface area contributed by atoms with Gasteiger partial charge in [0.15, 0.2) is 6.04 Å². The van der Waals surface area contributed by atoms with Crippen molar-refractivity contribution < 1.29 is 19.1 Å². The van der Waals surface area contributed by atoms with Crippen LogP contribution in [-0.4, -0.2) is 22.0 Å². The summed E-state index contributed by atoms with van der Waals surface area (Å²) >= 11 is 0. The third-order valence-electron chi connectivity index (χ3n) is 3.60. The van der Waals surface area contributed by atoms with E-state index >= 15 is 0 Å². The first-order valence-electron chi connectivity index (χ1n) is 7.19. The van der Waals surface area contributed by atoms with E-state index in [0.29, 0.717) is 0 Å². The molecular weight excluding hydrogens is 311 g/mol. The fourth-order valence-electron chi connectivity index (χ4n) is 2.41. The summed E-state index contributed by atoms with van der Waals surface area (Å²) in [7, 11) is 0. The molecule has 3 rings (SSSR count). The molecule has 0 unspecified atom stereocenters. The van der Waals surface area contributed by atoms with Crippen LogP contribution in [0.25, 0.3) is 10.9 Å². The molecule has 1 amide bonds. The van der Waals surface area contributed by atoms with Gasteiger partial charge in [-0.2, -0.15) is 0 Å². The Labute approximate surface area is 136 Å². The lowest BCUT2D eigenvalue weighted by Gasteiger charge is -2.15. The Hall–Kier alpha value is -3.28. The van der Waals surface area contributed by atoms with Gasteiger partial charge in [-0.3, -0.25) is 9.78 Å². The van der Waals surface area contributed by atoms with Gasteiger partial charge in [0, 0.05) is 22.7 Å². The molecule has 1 atom stereocenters. The minimum Gasteiger partial charge on any atom is -0.479 e. The maximum Gasteiger partial charge on any atom is 0.331 e. The summed E-state index contributed by atoms with van der Waals surface area (Å²) in [5, 5.41) is 12.4. The highest BCUT2D eigenvalue weighted by Crippen LogP contribution is 2.19. The molecule has 1 aromatic heterocycles. The maximum absolute atomic E-state index is 13.8. The average molecular weight is 324 g/mol. The van der Waals surface area contributed by atoms with Crippen LogP contribution >= 0.6 is 0 Å². The highest BCUT2D eigenvalue weighted by molar-refractivity contribution is 5.99. The van der Waals surface area contributed by atoms with E-state index in [4.69, 9.17) is 0 Å². The first kappa shape index (κ1) is 15.6. The van der Waals surface area contributed by atoms with E-state index < -0.39 is 23.7 Å². The minimum absolute atomic E-state index is 0.0965. The molecule has 0 bridgehead atoms. The van der Waals surface area contributed by atoms with Crippen LogP contribution in [0.1, 0.15) is 22.0 Å². The molecular formula is C18H13FN2O3. The number of carbonyl (C=O) groups is 2. The number of aromatic nitrogens is 1. The van der Waals surface area contributed by atoms with Crippen molar-refractivity contribution >= 4 is 22.8 Å². The van der Waals surface area contributed by atoms with Crippen LogP contribution in [0.2, 0.25) is 0 Å². The molecule has 1 heterocycles. The molecule has 2 N–H and O–H groups in total. The van der Waals surface area contributed by atoms with Crippen molar-refractivity contribution in [2.45, 2.75) is 6.04 Å². The molecule has 0 spiro atoms. The molecule has 5 nitrogen and oxygen atoms in total. The van der Waals surface area contributed by atoms with E-state index in [1.807, 2.05) is 0 Å². The van der Waals surface area contributed by atoms with Crippen molar-refractivity contribution in [2.75, 3.05) is 0 Å². The number of carboxylic acid groups (broad SMARTS) is 1. The van der Waals surface area contributed by atoms with Crippen LogP contribution in [0.5, 0.6) is 0 Å². The van der Waals surface area contributed by atoms with Gasteiger partial charge < -0.3 is 10.4 Å². The normalized spacial score (nSPS) is 11.9. The summed E-state index contributed by atoms with van der Waals surface area (Å²) < 4.78 is 13.8. The summed E-state index contributed by atoms with van der Waals surface area (Å²) in [6.07, 6.45) is 1.64. The van der Waals surface area contributed by atoms with Crippen molar-refractivity contribution in [3.63, 3.8) is 0 Å². The topological polar surface area (TPSA) is 79.3 Å². The second kappa shape index (κ2) is 6.45. The Bertz CT molecular complexity index is 927. The van der Waals surface area contributed by atoms with Crippen molar-refractivity contribution in [3.8, 4) is 0 Å². The third-order valence-corrected chi connectivity index (χ3v) is 3.60. The second-order valence-electron chi connectivity index (χ2n) is 5.18. The van der Waals surface area contributed by atoms with Crippen molar-refractivity contribution in [1.82, 2.24) is 10.3 Å². The Morgan fingerprint density at radius 3 is 2.62 bits per heavy atom. The van der Waals surface area contributed by atoms with Crippen LogP contribution in [-0.2, 0) is 4.79 Å². The largest absolute Gasteiger partial charge is 0.479 e. The number of benzene rings is 2. The van der Waals surface area contributed by atoms with Crippen LogP contribution in [0.3, 0.4) is 0 Å². The Kier molecular flexibility index (Phi) is 4.20. The van der Waals surface area contributed by atoms with Crippen LogP contribution in [0.15, 0.2) is 60.8 Å². The minimum atomic E-state index is -1.47. The lowest BCUT2D eigenvalue weighted by molar-refractivity contribution is -0.139. The molecule has 0 saturated carbocycles. The number of rotatable bonds is 4. The SMILES string of the molecule is O=C(N[C@@H](C(=O)O)c1ccccc1F)c1ccc2ncccc2c1. The summed E-state index contributed by atoms with van der Waals surface area (Å²) in [5.41, 5.74) is 0.900. The summed E-state index contributed by atoms with van der Waals surface area (Å²) in [4.78, 5) is 28.0. The van der Waals surface area contributed by atoms with E-state index in [0.717, 1.165) is 17.0 Å². The molecule has 0 saturated heterocycles. The highest BCUT2D eigenvalue weighted by atomic mass is 19.1. The number of fused-ring (bicyclic) bond motifs is 1. The predicted octanol–water partition coefficient (Wildman–Crippen LogP) is 2.93. The standard InChI is InChI=1S/C18H13FN2O3/c19-14-6-2-1-5-13(14)16(18(23)24)21-17(22)12-7-8-15-11(10-12)4-3-9-20-15/h1-10,16H,(H,21,22)(H,23,24)/t16-/m1/s1. The summed E-state index contributed by atoms with van der Waals surface area (Å²) in [6, 6.07) is 12.3. The number of aliphatic carboxylic acids is 1. The Balaban J connectivity index is 1.90. The van der Waals surface area contributed by atoms with E-state index in [1.54, 1.807) is 36.5 Å². The van der Waals surface area contributed by atoms with Gasteiger partial charge in [0.1, 0.15) is 5.82 Å². The van der Waals surface area contributed by atoms with Crippen molar-refractivity contribution in [1.29, 1.82) is 0 Å². The first-order valence-corrected chi connectivity index (χ1v) is 7.19.